The average Bonchev–Trinajstić information content (AvgIpc) is 3.77. The number of alkyl carbamates (subject to hydrolysis) is 1. The SMILES string of the molecule is CC(=O)OC1CCC2(C)C(CCC3C2CCC2(C)C(NC(=O)C4CCCN4C(=O)C(CCCN=C(N)N[N+](=O)[O-])NC(=O)OCc4ccccc4)CCC32)C1. The molecule has 5 aliphatic rings. The third-order valence-corrected chi connectivity index (χ3v) is 14.0. The van der Waals surface area contributed by atoms with Gasteiger partial charge in [0.1, 0.15) is 24.8 Å². The summed E-state index contributed by atoms with van der Waals surface area (Å²) < 4.78 is 11.1. The van der Waals surface area contributed by atoms with Crippen molar-refractivity contribution in [3.05, 3.63) is 46.0 Å². The Morgan fingerprint density at radius 3 is 2.51 bits per heavy atom. The number of benzene rings is 1. The molecule has 1 saturated heterocycles. The Bertz CT molecular complexity index is 1610. The standard InChI is InChI=1S/C40H59N7O8/c1-25(48)55-28-17-19-39(2)27(23-28)13-14-29-30-15-16-34(40(30,3)20-18-31(29)39)44-35(49)33-12-8-22-46(33)36(50)32(11-7-21-42-37(41)45-47(52)53)43-38(51)54-24-26-9-5-4-6-10-26/h4-6,9-10,27-34H,7-8,11-24H2,1-3H3,(H,43,51)(H,44,49)(H3,41,42,45). The van der Waals surface area contributed by atoms with Crippen molar-refractivity contribution in [1.82, 2.24) is 21.0 Å². The Morgan fingerprint density at radius 1 is 1.02 bits per heavy atom. The molecule has 1 aromatic carbocycles. The van der Waals surface area contributed by atoms with E-state index in [4.69, 9.17) is 15.2 Å². The number of nitro groups is 1. The summed E-state index contributed by atoms with van der Waals surface area (Å²) in [7, 11) is 0. The molecule has 5 fully saturated rings. The summed E-state index contributed by atoms with van der Waals surface area (Å²) in [6.45, 7) is 6.85. The van der Waals surface area contributed by atoms with Gasteiger partial charge in [-0.2, -0.15) is 0 Å². The molecule has 10 unspecified atom stereocenters. The highest BCUT2D eigenvalue weighted by Gasteiger charge is 2.60. The topological polar surface area (TPSA) is 208 Å². The molecule has 15 nitrogen and oxygen atoms in total. The van der Waals surface area contributed by atoms with Gasteiger partial charge in [-0.15, -0.1) is 0 Å². The van der Waals surface area contributed by atoms with E-state index in [0.717, 1.165) is 56.9 Å². The van der Waals surface area contributed by atoms with Gasteiger partial charge in [0.2, 0.25) is 11.8 Å². The predicted octanol–water partition coefficient (Wildman–Crippen LogP) is 4.61. The first kappa shape index (κ1) is 40.2. The number of rotatable bonds is 12. The van der Waals surface area contributed by atoms with Crippen LogP contribution in [0.5, 0.6) is 0 Å². The Kier molecular flexibility index (Phi) is 12.5. The smallest absolute Gasteiger partial charge is 0.408 e. The Labute approximate surface area is 323 Å². The first-order valence-corrected chi connectivity index (χ1v) is 20.2. The second-order valence-corrected chi connectivity index (χ2v) is 17.1. The number of nitrogens with two attached hydrogens (primary N) is 1. The molecule has 4 saturated carbocycles. The zero-order valence-electron chi connectivity index (χ0n) is 32.5. The molecule has 6 rings (SSSR count). The van der Waals surface area contributed by atoms with Crippen LogP contribution in [0.2, 0.25) is 0 Å². The zero-order chi connectivity index (χ0) is 39.3. The van der Waals surface area contributed by atoms with Gasteiger partial charge in [0.05, 0.1) is 0 Å². The van der Waals surface area contributed by atoms with Crippen molar-refractivity contribution in [3.8, 4) is 0 Å². The van der Waals surface area contributed by atoms with Gasteiger partial charge < -0.3 is 30.7 Å². The van der Waals surface area contributed by atoms with Crippen molar-refractivity contribution in [2.24, 2.45) is 45.2 Å². The molecule has 3 amide bonds. The van der Waals surface area contributed by atoms with Crippen LogP contribution >= 0.6 is 0 Å². The number of ether oxygens (including phenoxy) is 2. The van der Waals surface area contributed by atoms with E-state index in [2.05, 4.69) is 29.5 Å². The number of carbonyl (C=O) groups excluding carboxylic acids is 4. The van der Waals surface area contributed by atoms with Gasteiger partial charge in [-0.1, -0.05) is 49.6 Å². The maximum atomic E-state index is 14.1. The lowest BCUT2D eigenvalue weighted by molar-refractivity contribution is -0.525. The molecule has 10 atom stereocenters. The van der Waals surface area contributed by atoms with E-state index >= 15 is 0 Å². The van der Waals surface area contributed by atoms with Crippen molar-refractivity contribution in [1.29, 1.82) is 0 Å². The minimum Gasteiger partial charge on any atom is -0.463 e. The van der Waals surface area contributed by atoms with Crippen LogP contribution in [0.3, 0.4) is 0 Å². The molecule has 0 bridgehead atoms. The highest BCUT2D eigenvalue weighted by Crippen LogP contribution is 2.66. The molecule has 15 heteroatoms. The van der Waals surface area contributed by atoms with Crippen LogP contribution < -0.4 is 21.8 Å². The van der Waals surface area contributed by atoms with Crippen molar-refractivity contribution in [2.75, 3.05) is 13.1 Å². The fourth-order valence-electron chi connectivity index (χ4n) is 11.4. The molecule has 0 aromatic heterocycles. The van der Waals surface area contributed by atoms with Crippen LogP contribution in [-0.4, -0.2) is 77.1 Å². The van der Waals surface area contributed by atoms with Gasteiger partial charge in [0, 0.05) is 26.1 Å². The molecule has 55 heavy (non-hydrogen) atoms. The number of aliphatic imine (C=N–C) groups is 1. The maximum Gasteiger partial charge on any atom is 0.408 e. The lowest BCUT2D eigenvalue weighted by atomic mass is 9.45. The molecule has 5 N–H and O–H groups in total. The Balaban J connectivity index is 1.08. The number of likely N-dealkylation sites (tertiary alicyclic amines) is 1. The second-order valence-electron chi connectivity index (χ2n) is 17.1. The highest BCUT2D eigenvalue weighted by molar-refractivity contribution is 5.92. The quantitative estimate of drug-likeness (QED) is 0.0581. The number of amides is 3. The number of esters is 1. The van der Waals surface area contributed by atoms with E-state index in [1.807, 2.05) is 30.3 Å². The third kappa shape index (κ3) is 9.01. The molecule has 4 aliphatic carbocycles. The molecule has 0 spiro atoms. The van der Waals surface area contributed by atoms with E-state index in [1.54, 1.807) is 10.3 Å². The van der Waals surface area contributed by atoms with Gasteiger partial charge in [-0.05, 0) is 124 Å². The molecule has 1 aliphatic heterocycles. The molecule has 1 heterocycles. The van der Waals surface area contributed by atoms with Gasteiger partial charge in [-0.25, -0.2) is 19.9 Å². The van der Waals surface area contributed by atoms with Crippen LogP contribution in [0, 0.1) is 44.6 Å². The van der Waals surface area contributed by atoms with Crippen LogP contribution in [0.25, 0.3) is 0 Å². The average molecular weight is 766 g/mol. The van der Waals surface area contributed by atoms with Crippen molar-refractivity contribution in [2.45, 2.75) is 135 Å². The highest BCUT2D eigenvalue weighted by atomic mass is 16.7. The summed E-state index contributed by atoms with van der Waals surface area (Å²) in [6.07, 6.45) is 10.4. The fraction of sp³-hybridized carbons (Fsp3) is 0.725. The van der Waals surface area contributed by atoms with Gasteiger partial charge in [-0.3, -0.25) is 14.4 Å². The number of hydrogen-bond donors (Lipinski definition) is 4. The second kappa shape index (κ2) is 17.2. The fourth-order valence-corrected chi connectivity index (χ4v) is 11.4. The van der Waals surface area contributed by atoms with Crippen LogP contribution in [0.1, 0.15) is 110 Å². The minimum atomic E-state index is -0.999. The van der Waals surface area contributed by atoms with Gasteiger partial charge in [0.25, 0.3) is 5.96 Å². The summed E-state index contributed by atoms with van der Waals surface area (Å²) in [6, 6.07) is 7.56. The normalized spacial score (nSPS) is 33.3. The summed E-state index contributed by atoms with van der Waals surface area (Å²) in [4.78, 5) is 69.1. The number of nitrogens with one attached hydrogen (secondary N) is 3. The van der Waals surface area contributed by atoms with Crippen molar-refractivity contribution in [3.63, 3.8) is 0 Å². The lowest BCUT2D eigenvalue weighted by Crippen LogP contribution is -2.58. The number of guanidine groups is 1. The third-order valence-electron chi connectivity index (χ3n) is 14.0. The number of hydrazine groups is 1. The summed E-state index contributed by atoms with van der Waals surface area (Å²) in [5.74, 6) is 1.27. The molecular formula is C40H59N7O8. The Hall–Kier alpha value is -4.43. The first-order chi connectivity index (χ1) is 26.3. The summed E-state index contributed by atoms with van der Waals surface area (Å²) >= 11 is 0. The number of fused-ring (bicyclic) bond motifs is 5. The van der Waals surface area contributed by atoms with Gasteiger partial charge in [0.15, 0.2) is 5.03 Å². The van der Waals surface area contributed by atoms with Crippen molar-refractivity contribution < 1.29 is 33.7 Å². The summed E-state index contributed by atoms with van der Waals surface area (Å²) in [5, 5.41) is 16.0. The molecular weight excluding hydrogens is 706 g/mol. The monoisotopic (exact) mass is 765 g/mol. The van der Waals surface area contributed by atoms with Crippen molar-refractivity contribution >= 4 is 29.8 Å². The van der Waals surface area contributed by atoms with E-state index < -0.39 is 23.2 Å². The minimum absolute atomic E-state index is 0.0201. The maximum absolute atomic E-state index is 14.1. The number of nitrogens with zero attached hydrogens (tertiary/aromatic N) is 3. The van der Waals surface area contributed by atoms with Gasteiger partial charge >= 0.3 is 12.1 Å². The number of hydrogen-bond acceptors (Lipinski definition) is 9. The van der Waals surface area contributed by atoms with Crippen LogP contribution in [0.15, 0.2) is 35.3 Å². The predicted molar refractivity (Wildman–Crippen MR) is 203 cm³/mol. The zero-order valence-corrected chi connectivity index (χ0v) is 32.5. The van der Waals surface area contributed by atoms with E-state index in [1.165, 1.54) is 13.3 Å². The summed E-state index contributed by atoms with van der Waals surface area (Å²) in [5.41, 5.74) is 8.35. The van der Waals surface area contributed by atoms with Crippen LogP contribution in [-0.2, 0) is 30.5 Å². The number of carbonyl (C=O) groups is 4. The van der Waals surface area contributed by atoms with E-state index in [0.29, 0.717) is 43.1 Å². The molecule has 1 aromatic rings. The first-order valence-electron chi connectivity index (χ1n) is 20.2. The molecule has 0 radical (unpaired) electrons. The van der Waals surface area contributed by atoms with Crippen LogP contribution in [0.4, 0.5) is 4.79 Å². The largest absolute Gasteiger partial charge is 0.463 e. The lowest BCUT2D eigenvalue weighted by Gasteiger charge is -2.61. The van der Waals surface area contributed by atoms with E-state index in [-0.39, 0.29) is 72.7 Å². The van der Waals surface area contributed by atoms with E-state index in [9.17, 15) is 29.3 Å². The molecule has 302 valence electrons. The Morgan fingerprint density at radius 2 is 1.76 bits per heavy atom.